The van der Waals surface area contributed by atoms with Crippen molar-refractivity contribution in [3.63, 3.8) is 0 Å². The van der Waals surface area contributed by atoms with Crippen LogP contribution in [0.1, 0.15) is 24.7 Å². The molecule has 164 valence electrons. The van der Waals surface area contributed by atoms with E-state index < -0.39 is 10.0 Å². The summed E-state index contributed by atoms with van der Waals surface area (Å²) in [5.74, 6) is 0.312. The maximum atomic E-state index is 12.5. The fourth-order valence-corrected chi connectivity index (χ4v) is 3.93. The van der Waals surface area contributed by atoms with E-state index in [-0.39, 0.29) is 29.5 Å². The van der Waals surface area contributed by atoms with E-state index in [0.29, 0.717) is 17.9 Å². The fourth-order valence-electron chi connectivity index (χ4n) is 2.91. The molecular weight excluding hydrogens is 420 g/mol. The molecule has 0 spiro atoms. The van der Waals surface area contributed by atoms with Crippen LogP contribution in [0.2, 0.25) is 0 Å². The second-order valence-corrected chi connectivity index (χ2v) is 8.68. The zero-order valence-electron chi connectivity index (χ0n) is 17.5. The number of nitrogens with one attached hydrogen (secondary N) is 2. The first-order valence-corrected chi connectivity index (χ1v) is 11.2. The second-order valence-electron chi connectivity index (χ2n) is 6.92. The zero-order chi connectivity index (χ0) is 22.6. The van der Waals surface area contributed by atoms with E-state index in [2.05, 4.69) is 20.2 Å². The number of nitrogens with zero attached hydrogens (tertiary/aromatic N) is 4. The number of anilines is 1. The minimum absolute atomic E-state index is 0.0237. The number of hydrogen-bond acceptors (Lipinski definition) is 6. The molecule has 0 aliphatic rings. The molecule has 0 aliphatic heterocycles. The molecule has 0 atom stereocenters. The van der Waals surface area contributed by atoms with Crippen molar-refractivity contribution in [1.29, 1.82) is 0 Å². The average molecular weight is 445 g/mol. The van der Waals surface area contributed by atoms with Gasteiger partial charge in [-0.25, -0.2) is 22.5 Å². The zero-order valence-corrected chi connectivity index (χ0v) is 18.3. The van der Waals surface area contributed by atoms with Gasteiger partial charge in [-0.15, -0.1) is 5.10 Å². The van der Waals surface area contributed by atoms with Gasteiger partial charge < -0.3 is 5.32 Å². The third kappa shape index (κ3) is 5.44. The first kappa shape index (κ1) is 22.4. The molecule has 1 aromatic carbocycles. The summed E-state index contributed by atoms with van der Waals surface area (Å²) < 4.78 is 30.3. The van der Waals surface area contributed by atoms with Gasteiger partial charge in [-0.05, 0) is 50.2 Å². The lowest BCUT2D eigenvalue weighted by molar-refractivity contribution is -0.115. The summed E-state index contributed by atoms with van der Waals surface area (Å²) in [5, 5.41) is 11.3. The molecule has 2 heterocycles. The highest BCUT2D eigenvalue weighted by molar-refractivity contribution is 7.89. The van der Waals surface area contributed by atoms with Gasteiger partial charge in [-0.2, -0.15) is 5.10 Å². The molecule has 0 saturated carbocycles. The molecule has 0 radical (unpaired) electrons. The minimum Gasteiger partial charge on any atom is -0.326 e. The van der Waals surface area contributed by atoms with Gasteiger partial charge in [0, 0.05) is 30.4 Å². The molecule has 0 fully saturated rings. The van der Waals surface area contributed by atoms with Crippen LogP contribution in [0, 0.1) is 13.8 Å². The summed E-state index contributed by atoms with van der Waals surface area (Å²) in [6, 6.07) is 10.7. The van der Waals surface area contributed by atoms with E-state index in [1.807, 2.05) is 19.9 Å². The van der Waals surface area contributed by atoms with Crippen molar-refractivity contribution in [1.82, 2.24) is 24.3 Å². The highest BCUT2D eigenvalue weighted by atomic mass is 32.2. The molecular formula is C20H24N6O4S. The molecule has 31 heavy (non-hydrogen) atoms. The van der Waals surface area contributed by atoms with Crippen LogP contribution in [0.3, 0.4) is 0 Å². The van der Waals surface area contributed by atoms with Gasteiger partial charge in [0.1, 0.15) is 0 Å². The van der Waals surface area contributed by atoms with E-state index in [1.165, 1.54) is 35.0 Å². The lowest BCUT2D eigenvalue weighted by Gasteiger charge is -2.10. The Morgan fingerprint density at radius 1 is 1.06 bits per heavy atom. The van der Waals surface area contributed by atoms with Crippen molar-refractivity contribution in [3.05, 3.63) is 64.2 Å². The molecule has 3 rings (SSSR count). The van der Waals surface area contributed by atoms with Gasteiger partial charge >= 0.3 is 0 Å². The number of sulfonamides is 1. The van der Waals surface area contributed by atoms with Gasteiger partial charge in [0.25, 0.3) is 5.56 Å². The van der Waals surface area contributed by atoms with Crippen molar-refractivity contribution in [2.24, 2.45) is 0 Å². The first-order valence-electron chi connectivity index (χ1n) is 9.71. The Morgan fingerprint density at radius 2 is 1.77 bits per heavy atom. The number of hydrogen-bond donors (Lipinski definition) is 2. The highest BCUT2D eigenvalue weighted by Crippen LogP contribution is 2.14. The van der Waals surface area contributed by atoms with Gasteiger partial charge in [0.15, 0.2) is 5.82 Å². The number of carbonyl (C=O) groups is 1. The summed E-state index contributed by atoms with van der Waals surface area (Å²) in [7, 11) is -3.78. The van der Waals surface area contributed by atoms with Crippen LogP contribution >= 0.6 is 0 Å². The Labute approximate surface area is 180 Å². The summed E-state index contributed by atoms with van der Waals surface area (Å²) in [6.45, 7) is 5.49. The molecule has 3 aromatic rings. The standard InChI is InChI=1S/C20H24N6O4S/c1-4-19(27)22-16-5-7-17(8-6-16)31(29,30)21-11-12-25-20(28)10-9-18(24-25)26-15(3)13-14(2)23-26/h5-10,13,21H,4,11-12H2,1-3H3,(H,22,27). The SMILES string of the molecule is CCC(=O)Nc1ccc(S(=O)(=O)NCCn2nc(-n3nc(C)cc3C)ccc2=O)cc1. The van der Waals surface area contributed by atoms with Gasteiger partial charge in [-0.3, -0.25) is 9.59 Å². The number of carbonyl (C=O) groups excluding carboxylic acids is 1. The van der Waals surface area contributed by atoms with Crippen molar-refractivity contribution in [2.45, 2.75) is 38.6 Å². The number of amides is 1. The number of aromatic nitrogens is 4. The molecule has 0 bridgehead atoms. The maximum Gasteiger partial charge on any atom is 0.266 e. The largest absolute Gasteiger partial charge is 0.326 e. The highest BCUT2D eigenvalue weighted by Gasteiger charge is 2.14. The molecule has 0 aliphatic carbocycles. The predicted molar refractivity (Wildman–Crippen MR) is 116 cm³/mol. The van der Waals surface area contributed by atoms with Crippen LogP contribution in [-0.4, -0.2) is 40.4 Å². The van der Waals surface area contributed by atoms with Crippen LogP contribution < -0.4 is 15.6 Å². The van der Waals surface area contributed by atoms with E-state index >= 15 is 0 Å². The molecule has 2 N–H and O–H groups in total. The summed E-state index contributed by atoms with van der Waals surface area (Å²) in [5.41, 5.74) is 1.86. The van der Waals surface area contributed by atoms with Gasteiger partial charge in [0.05, 0.1) is 17.1 Å². The molecule has 0 saturated heterocycles. The number of aryl methyl sites for hydroxylation is 2. The lowest BCUT2D eigenvalue weighted by atomic mass is 10.3. The molecule has 0 unspecified atom stereocenters. The molecule has 10 nitrogen and oxygen atoms in total. The fraction of sp³-hybridized carbons (Fsp3) is 0.300. The smallest absolute Gasteiger partial charge is 0.266 e. The van der Waals surface area contributed by atoms with E-state index in [0.717, 1.165) is 11.4 Å². The third-order valence-corrected chi connectivity index (χ3v) is 5.94. The summed E-state index contributed by atoms with van der Waals surface area (Å²) in [4.78, 5) is 23.6. The Hall–Kier alpha value is -3.31. The molecule has 2 aromatic heterocycles. The Morgan fingerprint density at radius 3 is 2.39 bits per heavy atom. The number of benzene rings is 1. The van der Waals surface area contributed by atoms with Crippen molar-refractivity contribution in [3.8, 4) is 5.82 Å². The topological polar surface area (TPSA) is 128 Å². The Kier molecular flexibility index (Phi) is 6.66. The van der Waals surface area contributed by atoms with E-state index in [4.69, 9.17) is 0 Å². The maximum absolute atomic E-state index is 12.5. The third-order valence-electron chi connectivity index (χ3n) is 4.46. The monoisotopic (exact) mass is 444 g/mol. The molecule has 1 amide bonds. The Bertz CT molecular complexity index is 1250. The quantitative estimate of drug-likeness (QED) is 0.540. The van der Waals surface area contributed by atoms with E-state index in [9.17, 15) is 18.0 Å². The first-order chi connectivity index (χ1) is 14.7. The number of rotatable bonds is 8. The van der Waals surface area contributed by atoms with Crippen LogP contribution in [-0.2, 0) is 21.4 Å². The van der Waals surface area contributed by atoms with Crippen molar-refractivity contribution >= 4 is 21.6 Å². The molecule has 11 heteroatoms. The van der Waals surface area contributed by atoms with Crippen LogP contribution in [0.5, 0.6) is 0 Å². The lowest BCUT2D eigenvalue weighted by Crippen LogP contribution is -2.32. The van der Waals surface area contributed by atoms with Crippen molar-refractivity contribution < 1.29 is 13.2 Å². The normalized spacial score (nSPS) is 11.5. The average Bonchev–Trinajstić information content (AvgIpc) is 3.07. The van der Waals surface area contributed by atoms with Crippen molar-refractivity contribution in [2.75, 3.05) is 11.9 Å². The van der Waals surface area contributed by atoms with Gasteiger partial charge in [0.2, 0.25) is 15.9 Å². The van der Waals surface area contributed by atoms with Crippen LogP contribution in [0.4, 0.5) is 5.69 Å². The van der Waals surface area contributed by atoms with Crippen LogP contribution in [0.15, 0.2) is 52.2 Å². The predicted octanol–water partition coefficient (Wildman–Crippen LogP) is 1.37. The summed E-state index contributed by atoms with van der Waals surface area (Å²) in [6.07, 6.45) is 0.329. The summed E-state index contributed by atoms with van der Waals surface area (Å²) >= 11 is 0. The van der Waals surface area contributed by atoms with E-state index in [1.54, 1.807) is 17.7 Å². The second kappa shape index (κ2) is 9.23. The minimum atomic E-state index is -3.78. The Balaban J connectivity index is 1.68. The van der Waals surface area contributed by atoms with Crippen LogP contribution in [0.25, 0.3) is 5.82 Å². The van der Waals surface area contributed by atoms with Gasteiger partial charge in [-0.1, -0.05) is 6.92 Å².